The number of ether oxygens (including phenoxy) is 1. The van der Waals surface area contributed by atoms with Gasteiger partial charge in [0.2, 0.25) is 5.95 Å². The fourth-order valence-corrected chi connectivity index (χ4v) is 3.63. The number of anilines is 1. The Labute approximate surface area is 188 Å². The molecule has 2 aromatic rings. The number of methoxy groups -OCH3 is 1. The molecule has 1 atom stereocenters. The highest BCUT2D eigenvalue weighted by atomic mass is 16.5. The summed E-state index contributed by atoms with van der Waals surface area (Å²) in [5, 5.41) is 15.9. The van der Waals surface area contributed by atoms with Gasteiger partial charge in [-0.05, 0) is 61.7 Å². The van der Waals surface area contributed by atoms with Gasteiger partial charge < -0.3 is 15.4 Å². The highest BCUT2D eigenvalue weighted by Crippen LogP contribution is 2.27. The van der Waals surface area contributed by atoms with Crippen molar-refractivity contribution in [2.24, 2.45) is 13.0 Å². The zero-order valence-corrected chi connectivity index (χ0v) is 18.8. The summed E-state index contributed by atoms with van der Waals surface area (Å²) >= 11 is 0. The van der Waals surface area contributed by atoms with Crippen molar-refractivity contribution in [1.82, 2.24) is 14.9 Å². The fraction of sp³-hybridized carbons (Fsp3) is 0.320. The number of hydrogen-bond donors (Lipinski definition) is 2. The van der Waals surface area contributed by atoms with E-state index in [4.69, 9.17) is 9.72 Å². The van der Waals surface area contributed by atoms with Crippen molar-refractivity contribution >= 4 is 11.5 Å². The molecule has 1 aliphatic heterocycles. The summed E-state index contributed by atoms with van der Waals surface area (Å²) in [6.07, 6.45) is 6.06. The summed E-state index contributed by atoms with van der Waals surface area (Å²) in [5.41, 5.74) is 2.89. The van der Waals surface area contributed by atoms with Gasteiger partial charge in [-0.1, -0.05) is 30.9 Å². The van der Waals surface area contributed by atoms with E-state index < -0.39 is 0 Å². The molecule has 2 N–H and O–H groups in total. The van der Waals surface area contributed by atoms with Crippen LogP contribution in [0.25, 0.3) is 16.7 Å². The van der Waals surface area contributed by atoms with E-state index in [1.807, 2.05) is 31.2 Å². The van der Waals surface area contributed by atoms with Crippen molar-refractivity contribution < 1.29 is 4.74 Å². The summed E-state index contributed by atoms with van der Waals surface area (Å²) in [6.45, 7) is 8.25. The zero-order chi connectivity index (χ0) is 23.1. The molecule has 3 rings (SSSR count). The molecule has 32 heavy (non-hydrogen) atoms. The molecule has 1 fully saturated rings. The zero-order valence-electron chi connectivity index (χ0n) is 18.8. The predicted molar refractivity (Wildman–Crippen MR) is 128 cm³/mol. The highest BCUT2D eigenvalue weighted by molar-refractivity contribution is 5.79. The topological polar surface area (TPSA) is 92.0 Å². The monoisotopic (exact) mass is 431 g/mol. The number of allylic oxidation sites excluding steroid dienone is 5. The largest absolute Gasteiger partial charge is 0.497 e. The number of hydrogen-bond acceptors (Lipinski definition) is 6. The summed E-state index contributed by atoms with van der Waals surface area (Å²) in [7, 11) is 3.33. The molecule has 0 radical (unpaired) electrons. The molecule has 0 saturated carbocycles. The molecule has 0 amide bonds. The van der Waals surface area contributed by atoms with Crippen molar-refractivity contribution in [2.75, 3.05) is 32.1 Å². The lowest BCUT2D eigenvalue weighted by molar-refractivity contribution is 0.415. The maximum Gasteiger partial charge on any atom is 0.263 e. The maximum absolute atomic E-state index is 13.4. The number of nitriles is 1. The van der Waals surface area contributed by atoms with Gasteiger partial charge in [-0.15, -0.1) is 0 Å². The molecule has 7 nitrogen and oxygen atoms in total. The Morgan fingerprint density at radius 2 is 2.16 bits per heavy atom. The lowest BCUT2D eigenvalue weighted by Crippen LogP contribution is -2.27. The minimum absolute atomic E-state index is 0.145. The van der Waals surface area contributed by atoms with Crippen LogP contribution in [0, 0.1) is 17.2 Å². The summed E-state index contributed by atoms with van der Waals surface area (Å²) < 4.78 is 6.81. The van der Waals surface area contributed by atoms with Gasteiger partial charge >= 0.3 is 0 Å². The predicted octanol–water partition coefficient (Wildman–Crippen LogP) is 3.52. The van der Waals surface area contributed by atoms with E-state index in [1.165, 1.54) is 6.08 Å². The normalized spacial score (nSPS) is 16.5. The second-order valence-corrected chi connectivity index (χ2v) is 7.78. The molecule has 1 aliphatic rings. The molecule has 166 valence electrons. The first kappa shape index (κ1) is 23.0. The Kier molecular flexibility index (Phi) is 7.63. The maximum atomic E-state index is 13.4. The molecule has 0 aliphatic carbocycles. The van der Waals surface area contributed by atoms with Gasteiger partial charge in [0, 0.05) is 13.6 Å². The van der Waals surface area contributed by atoms with Crippen molar-refractivity contribution in [3.63, 3.8) is 0 Å². The molecule has 7 heteroatoms. The summed E-state index contributed by atoms with van der Waals surface area (Å²) in [5.74, 6) is 1.74. The molecule has 1 saturated heterocycles. The van der Waals surface area contributed by atoms with E-state index in [9.17, 15) is 10.1 Å². The van der Waals surface area contributed by atoms with Crippen LogP contribution in [0.4, 0.5) is 5.95 Å². The van der Waals surface area contributed by atoms with Crippen LogP contribution in [-0.2, 0) is 7.05 Å². The molecule has 0 spiro atoms. The molecule has 1 unspecified atom stereocenters. The van der Waals surface area contributed by atoms with Gasteiger partial charge in [-0.2, -0.15) is 5.26 Å². The van der Waals surface area contributed by atoms with Crippen molar-refractivity contribution in [1.29, 1.82) is 5.26 Å². The quantitative estimate of drug-likeness (QED) is 0.491. The van der Waals surface area contributed by atoms with Gasteiger partial charge in [0.25, 0.3) is 5.56 Å². The summed E-state index contributed by atoms with van der Waals surface area (Å²) in [6, 6.07) is 9.43. The minimum Gasteiger partial charge on any atom is -0.497 e. The third-order valence-corrected chi connectivity index (χ3v) is 5.62. The third kappa shape index (κ3) is 5.16. The van der Waals surface area contributed by atoms with Crippen LogP contribution in [0.1, 0.15) is 19.0 Å². The van der Waals surface area contributed by atoms with Gasteiger partial charge in [0.1, 0.15) is 5.75 Å². The van der Waals surface area contributed by atoms with Crippen molar-refractivity contribution in [3.05, 3.63) is 70.7 Å². The van der Waals surface area contributed by atoms with Gasteiger partial charge in [0.05, 0.1) is 30.0 Å². The second kappa shape index (κ2) is 10.6. The van der Waals surface area contributed by atoms with Crippen LogP contribution in [0.3, 0.4) is 0 Å². The third-order valence-electron chi connectivity index (χ3n) is 5.62. The van der Waals surface area contributed by atoms with E-state index in [0.717, 1.165) is 37.2 Å². The lowest BCUT2D eigenvalue weighted by Gasteiger charge is -2.17. The van der Waals surface area contributed by atoms with Crippen LogP contribution in [0.5, 0.6) is 5.75 Å². The number of benzene rings is 1. The number of aromatic nitrogens is 2. The SMILES string of the molecule is C=C/C(C#N)=C\C=C(/C)c1nc(NCC2CCNC2)n(C)c(=O)c1-c1ccc(OC)cc1. The Bertz CT molecular complexity index is 1130. The molecule has 0 bridgehead atoms. The highest BCUT2D eigenvalue weighted by Gasteiger charge is 2.19. The Balaban J connectivity index is 2.11. The standard InChI is InChI=1S/C25H29N5O2/c1-5-18(14-26)7-6-17(2)23-22(20-8-10-21(32-4)11-9-20)24(31)30(3)25(29-23)28-16-19-12-13-27-15-19/h5-11,19,27H,1,12-13,15-16H2,2-4H3,(H,28,29)/b17-6+,18-7+. The van der Waals surface area contributed by atoms with Crippen LogP contribution < -0.4 is 20.9 Å². The Morgan fingerprint density at radius 3 is 2.75 bits per heavy atom. The Morgan fingerprint density at radius 1 is 1.41 bits per heavy atom. The van der Waals surface area contributed by atoms with E-state index in [0.29, 0.717) is 34.4 Å². The van der Waals surface area contributed by atoms with Crippen LogP contribution in [-0.4, -0.2) is 36.3 Å². The number of nitrogens with zero attached hydrogens (tertiary/aromatic N) is 3. The Hall–Kier alpha value is -3.63. The first-order valence-corrected chi connectivity index (χ1v) is 10.6. The number of rotatable bonds is 8. The van der Waals surface area contributed by atoms with Crippen molar-refractivity contribution in [2.45, 2.75) is 13.3 Å². The summed E-state index contributed by atoms with van der Waals surface area (Å²) in [4.78, 5) is 18.3. The van der Waals surface area contributed by atoms with Crippen LogP contribution in [0.15, 0.2) is 59.4 Å². The van der Waals surface area contributed by atoms with E-state index in [-0.39, 0.29) is 5.56 Å². The lowest BCUT2D eigenvalue weighted by atomic mass is 10.0. The fourth-order valence-electron chi connectivity index (χ4n) is 3.63. The molecule has 1 aromatic carbocycles. The first-order valence-electron chi connectivity index (χ1n) is 10.6. The first-order chi connectivity index (χ1) is 15.5. The average molecular weight is 432 g/mol. The smallest absolute Gasteiger partial charge is 0.263 e. The van der Waals surface area contributed by atoms with Crippen LogP contribution >= 0.6 is 0 Å². The van der Waals surface area contributed by atoms with Crippen LogP contribution in [0.2, 0.25) is 0 Å². The second-order valence-electron chi connectivity index (χ2n) is 7.78. The van der Waals surface area contributed by atoms with Gasteiger partial charge in [0.15, 0.2) is 0 Å². The molecular weight excluding hydrogens is 402 g/mol. The molecule has 2 heterocycles. The van der Waals surface area contributed by atoms with E-state index >= 15 is 0 Å². The minimum atomic E-state index is -0.145. The molecular formula is C25H29N5O2. The molecule has 1 aromatic heterocycles. The van der Waals surface area contributed by atoms with Crippen molar-refractivity contribution in [3.8, 4) is 22.9 Å². The van der Waals surface area contributed by atoms with E-state index in [1.54, 1.807) is 30.9 Å². The average Bonchev–Trinajstić information content (AvgIpc) is 3.34. The van der Waals surface area contributed by atoms with E-state index in [2.05, 4.69) is 23.3 Å². The van der Waals surface area contributed by atoms with Gasteiger partial charge in [-0.25, -0.2) is 4.98 Å². The van der Waals surface area contributed by atoms with Gasteiger partial charge in [-0.3, -0.25) is 9.36 Å². The number of nitrogens with one attached hydrogen (secondary N) is 2.